The second-order valence-electron chi connectivity index (χ2n) is 8.76. The van der Waals surface area contributed by atoms with E-state index in [1.54, 1.807) is 0 Å². The fourth-order valence-electron chi connectivity index (χ4n) is 4.57. The van der Waals surface area contributed by atoms with Gasteiger partial charge in [-0.15, -0.1) is 0 Å². The molecule has 0 N–H and O–H groups in total. The van der Waals surface area contributed by atoms with Crippen molar-refractivity contribution in [3.63, 3.8) is 0 Å². The highest BCUT2D eigenvalue weighted by molar-refractivity contribution is 5.76. The van der Waals surface area contributed by atoms with Crippen molar-refractivity contribution in [2.45, 2.75) is 31.3 Å². The first-order valence-electron chi connectivity index (χ1n) is 11.7. The summed E-state index contributed by atoms with van der Waals surface area (Å²) in [6.07, 6.45) is 7.25. The Balaban J connectivity index is 1.13. The van der Waals surface area contributed by atoms with E-state index in [2.05, 4.69) is 54.6 Å². The van der Waals surface area contributed by atoms with Crippen LogP contribution in [0.5, 0.6) is 11.5 Å². The molecular formula is C29H29NO3. The summed E-state index contributed by atoms with van der Waals surface area (Å²) >= 11 is 0. The molecule has 1 amide bonds. The van der Waals surface area contributed by atoms with E-state index >= 15 is 0 Å². The maximum absolute atomic E-state index is 12.7. The summed E-state index contributed by atoms with van der Waals surface area (Å²) in [5.74, 6) is 1.98. The van der Waals surface area contributed by atoms with Gasteiger partial charge in [-0.05, 0) is 47.9 Å². The van der Waals surface area contributed by atoms with Crippen molar-refractivity contribution in [3.05, 3.63) is 90.5 Å². The van der Waals surface area contributed by atoms with E-state index in [1.807, 2.05) is 41.3 Å². The molecule has 0 bridgehead atoms. The van der Waals surface area contributed by atoms with Gasteiger partial charge in [0.15, 0.2) is 0 Å². The summed E-state index contributed by atoms with van der Waals surface area (Å²) in [4.78, 5) is 14.6. The van der Waals surface area contributed by atoms with Crippen LogP contribution >= 0.6 is 0 Å². The number of ether oxygens (including phenoxy) is 2. The molecule has 1 spiro atoms. The van der Waals surface area contributed by atoms with Crippen molar-refractivity contribution < 1.29 is 14.3 Å². The van der Waals surface area contributed by atoms with Gasteiger partial charge < -0.3 is 14.4 Å². The summed E-state index contributed by atoms with van der Waals surface area (Å²) < 4.78 is 12.2. The van der Waals surface area contributed by atoms with Crippen LogP contribution in [0.1, 0.15) is 31.2 Å². The zero-order chi connectivity index (χ0) is 22.5. The van der Waals surface area contributed by atoms with Gasteiger partial charge in [0.1, 0.15) is 17.1 Å². The highest BCUT2D eigenvalue weighted by atomic mass is 16.5. The first kappa shape index (κ1) is 21.3. The van der Waals surface area contributed by atoms with Crippen LogP contribution in [0.3, 0.4) is 0 Å². The third kappa shape index (κ3) is 4.95. The molecule has 3 aromatic carbocycles. The number of hydrogen-bond donors (Lipinski definition) is 0. The second kappa shape index (κ2) is 9.53. The average Bonchev–Trinajstić information content (AvgIpc) is 2.88. The van der Waals surface area contributed by atoms with E-state index < -0.39 is 0 Å². The fraction of sp³-hybridized carbons (Fsp3) is 0.276. The molecule has 33 heavy (non-hydrogen) atoms. The molecule has 0 radical (unpaired) electrons. The molecule has 1 saturated heterocycles. The molecule has 0 unspecified atom stereocenters. The Morgan fingerprint density at radius 2 is 1.64 bits per heavy atom. The van der Waals surface area contributed by atoms with Crippen molar-refractivity contribution in [3.8, 4) is 22.6 Å². The lowest BCUT2D eigenvalue weighted by Crippen LogP contribution is -2.49. The zero-order valence-electron chi connectivity index (χ0n) is 18.8. The molecule has 5 rings (SSSR count). The smallest absolute Gasteiger partial charge is 0.222 e. The number of para-hydroxylation sites is 1. The number of likely N-dealkylation sites (tertiary alicyclic amines) is 1. The van der Waals surface area contributed by atoms with E-state index in [1.165, 1.54) is 11.1 Å². The third-order valence-electron chi connectivity index (χ3n) is 6.51. The van der Waals surface area contributed by atoms with Gasteiger partial charge in [0.2, 0.25) is 5.91 Å². The number of amides is 1. The standard InChI is InChI=1S/C29H29NO3/c31-28(12-7-21-32-26-10-5-2-6-11-26)30-19-17-29(18-20-30)16-15-25-22-24(13-14-27(25)33-29)23-8-3-1-4-9-23/h1-6,8-11,13-16,22H,7,12,17-21H2. The Morgan fingerprint density at radius 1 is 0.909 bits per heavy atom. The number of benzene rings is 3. The average molecular weight is 440 g/mol. The van der Waals surface area contributed by atoms with Gasteiger partial charge in [-0.3, -0.25) is 4.79 Å². The minimum absolute atomic E-state index is 0.203. The van der Waals surface area contributed by atoms with E-state index in [9.17, 15) is 4.79 Å². The number of carbonyl (C=O) groups is 1. The van der Waals surface area contributed by atoms with Gasteiger partial charge in [0.25, 0.3) is 0 Å². The summed E-state index contributed by atoms with van der Waals surface area (Å²) in [6, 6.07) is 26.5. The highest BCUT2D eigenvalue weighted by Gasteiger charge is 2.37. The molecular weight excluding hydrogens is 410 g/mol. The quantitative estimate of drug-likeness (QED) is 0.444. The van der Waals surface area contributed by atoms with Crippen LogP contribution in [0.2, 0.25) is 0 Å². The monoisotopic (exact) mass is 439 g/mol. The molecule has 2 heterocycles. The summed E-state index contributed by atoms with van der Waals surface area (Å²) in [5, 5.41) is 0. The molecule has 0 aromatic heterocycles. The Morgan fingerprint density at radius 3 is 2.39 bits per heavy atom. The Bertz CT molecular complexity index is 1120. The lowest BCUT2D eigenvalue weighted by atomic mass is 9.87. The van der Waals surface area contributed by atoms with Crippen molar-refractivity contribution in [2.24, 2.45) is 0 Å². The minimum atomic E-state index is -0.311. The lowest BCUT2D eigenvalue weighted by molar-refractivity contribution is -0.134. The summed E-state index contributed by atoms with van der Waals surface area (Å²) in [5.41, 5.74) is 3.19. The van der Waals surface area contributed by atoms with Crippen molar-refractivity contribution in [2.75, 3.05) is 19.7 Å². The Labute approximate surface area is 195 Å². The molecule has 4 nitrogen and oxygen atoms in total. The van der Waals surface area contributed by atoms with Crippen LogP contribution in [0, 0.1) is 0 Å². The number of carbonyl (C=O) groups excluding carboxylic acids is 1. The molecule has 2 aliphatic heterocycles. The van der Waals surface area contributed by atoms with Crippen LogP contribution in [0.25, 0.3) is 17.2 Å². The predicted octanol–water partition coefficient (Wildman–Crippen LogP) is 5.98. The van der Waals surface area contributed by atoms with Crippen molar-refractivity contribution in [1.29, 1.82) is 0 Å². The number of rotatable bonds is 6. The van der Waals surface area contributed by atoms with Crippen LogP contribution in [0.4, 0.5) is 0 Å². The van der Waals surface area contributed by atoms with Gasteiger partial charge >= 0.3 is 0 Å². The maximum atomic E-state index is 12.7. The van der Waals surface area contributed by atoms with E-state index in [0.29, 0.717) is 13.0 Å². The molecule has 168 valence electrons. The second-order valence-corrected chi connectivity index (χ2v) is 8.76. The van der Waals surface area contributed by atoms with Gasteiger partial charge in [0, 0.05) is 37.9 Å². The summed E-state index contributed by atoms with van der Waals surface area (Å²) in [7, 11) is 0. The maximum Gasteiger partial charge on any atom is 0.222 e. The largest absolute Gasteiger partial charge is 0.494 e. The van der Waals surface area contributed by atoms with Crippen LogP contribution < -0.4 is 9.47 Å². The normalized spacial score (nSPS) is 16.2. The molecule has 4 heteroatoms. The fourth-order valence-corrected chi connectivity index (χ4v) is 4.57. The number of nitrogens with zero attached hydrogens (tertiary/aromatic N) is 1. The first-order chi connectivity index (χ1) is 16.2. The molecule has 2 aliphatic rings. The number of fused-ring (bicyclic) bond motifs is 1. The van der Waals surface area contributed by atoms with Crippen LogP contribution in [-0.2, 0) is 4.79 Å². The Kier molecular flexibility index (Phi) is 6.16. The molecule has 0 saturated carbocycles. The highest BCUT2D eigenvalue weighted by Crippen LogP contribution is 2.38. The molecule has 0 atom stereocenters. The molecule has 1 fully saturated rings. The van der Waals surface area contributed by atoms with E-state index in [4.69, 9.17) is 9.47 Å². The SMILES string of the molecule is O=C(CCCOc1ccccc1)N1CCC2(C=Cc3cc(-c4ccccc4)ccc3O2)CC1. The number of piperidine rings is 1. The van der Waals surface area contributed by atoms with Gasteiger partial charge in [0.05, 0.1) is 6.61 Å². The predicted molar refractivity (Wildman–Crippen MR) is 131 cm³/mol. The van der Waals surface area contributed by atoms with Crippen molar-refractivity contribution >= 4 is 12.0 Å². The van der Waals surface area contributed by atoms with Gasteiger partial charge in [-0.2, -0.15) is 0 Å². The Hall–Kier alpha value is -3.53. The molecule has 3 aromatic rings. The van der Waals surface area contributed by atoms with Crippen LogP contribution in [-0.4, -0.2) is 36.1 Å². The first-order valence-corrected chi connectivity index (χ1v) is 11.7. The minimum Gasteiger partial charge on any atom is -0.494 e. The van der Waals surface area contributed by atoms with E-state index in [0.717, 1.165) is 49.4 Å². The lowest BCUT2D eigenvalue weighted by Gasteiger charge is -2.42. The summed E-state index contributed by atoms with van der Waals surface area (Å²) in [6.45, 7) is 2.00. The van der Waals surface area contributed by atoms with Crippen LogP contribution in [0.15, 0.2) is 84.9 Å². The van der Waals surface area contributed by atoms with E-state index in [-0.39, 0.29) is 11.5 Å². The molecule has 0 aliphatic carbocycles. The van der Waals surface area contributed by atoms with Gasteiger partial charge in [-0.1, -0.05) is 60.7 Å². The topological polar surface area (TPSA) is 38.8 Å². The van der Waals surface area contributed by atoms with Crippen molar-refractivity contribution in [1.82, 2.24) is 4.90 Å². The zero-order valence-corrected chi connectivity index (χ0v) is 18.8. The number of hydrogen-bond acceptors (Lipinski definition) is 3. The van der Waals surface area contributed by atoms with Gasteiger partial charge in [-0.25, -0.2) is 0 Å². The third-order valence-corrected chi connectivity index (χ3v) is 6.51.